The molecule has 5 nitrogen and oxygen atoms in total. The third-order valence-corrected chi connectivity index (χ3v) is 4.08. The fourth-order valence-corrected chi connectivity index (χ4v) is 2.74. The number of pyridine rings is 1. The number of rotatable bonds is 5. The predicted molar refractivity (Wildman–Crippen MR) is 96.2 cm³/mol. The summed E-state index contributed by atoms with van der Waals surface area (Å²) >= 11 is 0. The minimum absolute atomic E-state index is 0.00236. The Balaban J connectivity index is 1.98. The van der Waals surface area contributed by atoms with Gasteiger partial charge in [-0.05, 0) is 37.3 Å². The van der Waals surface area contributed by atoms with Gasteiger partial charge in [-0.2, -0.15) is 0 Å². The van der Waals surface area contributed by atoms with Crippen LogP contribution in [0.1, 0.15) is 11.3 Å². The van der Waals surface area contributed by atoms with E-state index in [0.29, 0.717) is 23.2 Å². The molecule has 0 fully saturated rings. The van der Waals surface area contributed by atoms with E-state index in [1.807, 2.05) is 43.3 Å². The molecule has 0 bridgehead atoms. The molecule has 1 aromatic heterocycles. The normalized spacial score (nSPS) is 10.6. The Morgan fingerprint density at radius 3 is 2.62 bits per heavy atom. The van der Waals surface area contributed by atoms with Gasteiger partial charge in [0.05, 0.1) is 19.9 Å². The molecule has 0 aliphatic carbocycles. The van der Waals surface area contributed by atoms with Crippen LogP contribution in [0.5, 0.6) is 11.5 Å². The highest BCUT2D eigenvalue weighted by molar-refractivity contribution is 5.81. The number of benzene rings is 2. The van der Waals surface area contributed by atoms with Gasteiger partial charge in [-0.1, -0.05) is 12.1 Å². The molecular formula is C19H20N2O3. The lowest BCUT2D eigenvalue weighted by Gasteiger charge is -2.13. The summed E-state index contributed by atoms with van der Waals surface area (Å²) in [6.45, 7) is 2.32. The van der Waals surface area contributed by atoms with Gasteiger partial charge < -0.3 is 19.8 Å². The lowest BCUT2D eigenvalue weighted by Crippen LogP contribution is -2.17. The molecule has 0 unspecified atom stereocenters. The van der Waals surface area contributed by atoms with E-state index in [2.05, 4.69) is 10.3 Å². The average molecular weight is 324 g/mol. The molecule has 0 atom stereocenters. The maximum atomic E-state index is 12.8. The standard InChI is InChI=1S/C19H20N2O3/c1-12-15(11-20-17-6-4-5-7-18(17)24-3)19(22)14-10-13(23-2)8-9-16(14)21-12/h4-10,20H,11H2,1-3H3,(H,21,22). The number of anilines is 1. The van der Waals surface area contributed by atoms with E-state index in [0.717, 1.165) is 22.6 Å². The molecule has 3 aromatic rings. The van der Waals surface area contributed by atoms with Crippen molar-refractivity contribution in [1.82, 2.24) is 4.98 Å². The minimum atomic E-state index is 0.00236. The van der Waals surface area contributed by atoms with Crippen LogP contribution in [0.3, 0.4) is 0 Å². The van der Waals surface area contributed by atoms with Crippen LogP contribution in [0.25, 0.3) is 10.9 Å². The van der Waals surface area contributed by atoms with Crippen LogP contribution in [0.4, 0.5) is 5.69 Å². The third kappa shape index (κ3) is 2.93. The van der Waals surface area contributed by atoms with Crippen LogP contribution < -0.4 is 20.2 Å². The Kier molecular flexibility index (Phi) is 4.42. The predicted octanol–water partition coefficient (Wildman–Crippen LogP) is 3.47. The van der Waals surface area contributed by atoms with E-state index in [1.165, 1.54) is 0 Å². The Labute approximate surface area is 140 Å². The Hall–Kier alpha value is -2.95. The highest BCUT2D eigenvalue weighted by Crippen LogP contribution is 2.24. The van der Waals surface area contributed by atoms with Crippen molar-refractivity contribution >= 4 is 16.6 Å². The minimum Gasteiger partial charge on any atom is -0.497 e. The van der Waals surface area contributed by atoms with E-state index in [9.17, 15) is 4.79 Å². The van der Waals surface area contributed by atoms with Crippen LogP contribution >= 0.6 is 0 Å². The number of methoxy groups -OCH3 is 2. The molecule has 0 aliphatic rings. The summed E-state index contributed by atoms with van der Waals surface area (Å²) in [4.78, 5) is 16.1. The first-order chi connectivity index (χ1) is 11.6. The third-order valence-electron chi connectivity index (χ3n) is 4.08. The molecule has 124 valence electrons. The molecule has 0 amide bonds. The van der Waals surface area contributed by atoms with Crippen LogP contribution in [0.15, 0.2) is 47.3 Å². The fourth-order valence-electron chi connectivity index (χ4n) is 2.74. The summed E-state index contributed by atoms with van der Waals surface area (Å²) < 4.78 is 10.6. The van der Waals surface area contributed by atoms with E-state index in [-0.39, 0.29) is 5.43 Å². The molecule has 0 radical (unpaired) electrons. The van der Waals surface area contributed by atoms with Crippen molar-refractivity contribution in [2.75, 3.05) is 19.5 Å². The van der Waals surface area contributed by atoms with Crippen molar-refractivity contribution in [3.05, 3.63) is 63.9 Å². The number of fused-ring (bicyclic) bond motifs is 1. The number of aryl methyl sites for hydroxylation is 1. The largest absolute Gasteiger partial charge is 0.497 e. The average Bonchev–Trinajstić information content (AvgIpc) is 2.61. The molecule has 1 heterocycles. The number of hydrogen-bond acceptors (Lipinski definition) is 4. The number of aromatic amines is 1. The highest BCUT2D eigenvalue weighted by Gasteiger charge is 2.11. The highest BCUT2D eigenvalue weighted by atomic mass is 16.5. The lowest BCUT2D eigenvalue weighted by atomic mass is 10.1. The van der Waals surface area contributed by atoms with Gasteiger partial charge in [0.15, 0.2) is 5.43 Å². The summed E-state index contributed by atoms with van der Waals surface area (Å²) in [6.07, 6.45) is 0. The zero-order valence-electron chi connectivity index (χ0n) is 14.0. The van der Waals surface area contributed by atoms with Crippen molar-refractivity contribution in [2.24, 2.45) is 0 Å². The van der Waals surface area contributed by atoms with Gasteiger partial charge in [-0.3, -0.25) is 4.79 Å². The summed E-state index contributed by atoms with van der Waals surface area (Å²) in [5.74, 6) is 1.41. The first-order valence-corrected chi connectivity index (χ1v) is 7.70. The molecular weight excluding hydrogens is 304 g/mol. The fraction of sp³-hybridized carbons (Fsp3) is 0.211. The molecule has 0 spiro atoms. The summed E-state index contributed by atoms with van der Waals surface area (Å²) in [5.41, 5.74) is 3.20. The number of aromatic nitrogens is 1. The monoisotopic (exact) mass is 324 g/mol. The number of para-hydroxylation sites is 2. The van der Waals surface area contributed by atoms with Crippen LogP contribution in [-0.2, 0) is 6.54 Å². The summed E-state index contributed by atoms with van der Waals surface area (Å²) in [5, 5.41) is 3.90. The number of nitrogens with one attached hydrogen (secondary N) is 2. The first kappa shape index (κ1) is 15.9. The van der Waals surface area contributed by atoms with Gasteiger partial charge >= 0.3 is 0 Å². The maximum Gasteiger partial charge on any atom is 0.194 e. The van der Waals surface area contributed by atoms with Crippen LogP contribution in [0.2, 0.25) is 0 Å². The second-order valence-corrected chi connectivity index (χ2v) is 5.52. The number of hydrogen-bond donors (Lipinski definition) is 2. The molecule has 5 heteroatoms. The van der Waals surface area contributed by atoms with Gasteiger partial charge in [0.25, 0.3) is 0 Å². The Bertz CT molecular complexity index is 932. The number of H-pyrrole nitrogens is 1. The molecule has 0 aliphatic heterocycles. The van der Waals surface area contributed by atoms with Crippen molar-refractivity contribution in [3.8, 4) is 11.5 Å². The van der Waals surface area contributed by atoms with Crippen molar-refractivity contribution < 1.29 is 9.47 Å². The molecule has 3 rings (SSSR count). The SMILES string of the molecule is COc1ccc2[nH]c(C)c(CNc3ccccc3OC)c(=O)c2c1. The summed E-state index contributed by atoms with van der Waals surface area (Å²) in [7, 11) is 3.22. The van der Waals surface area contributed by atoms with E-state index in [4.69, 9.17) is 9.47 Å². The second-order valence-electron chi connectivity index (χ2n) is 5.52. The zero-order valence-corrected chi connectivity index (χ0v) is 14.0. The van der Waals surface area contributed by atoms with Gasteiger partial charge in [-0.25, -0.2) is 0 Å². The van der Waals surface area contributed by atoms with Crippen molar-refractivity contribution in [3.63, 3.8) is 0 Å². The topological polar surface area (TPSA) is 63.4 Å². The zero-order chi connectivity index (χ0) is 17.1. The van der Waals surface area contributed by atoms with Gasteiger partial charge in [0.2, 0.25) is 0 Å². The van der Waals surface area contributed by atoms with E-state index >= 15 is 0 Å². The second kappa shape index (κ2) is 6.66. The lowest BCUT2D eigenvalue weighted by molar-refractivity contribution is 0.415. The molecule has 0 saturated carbocycles. The molecule has 0 saturated heterocycles. The Morgan fingerprint density at radius 1 is 1.08 bits per heavy atom. The van der Waals surface area contributed by atoms with E-state index < -0.39 is 0 Å². The Morgan fingerprint density at radius 2 is 1.88 bits per heavy atom. The van der Waals surface area contributed by atoms with Crippen molar-refractivity contribution in [2.45, 2.75) is 13.5 Å². The number of ether oxygens (including phenoxy) is 2. The quantitative estimate of drug-likeness (QED) is 0.754. The summed E-state index contributed by atoms with van der Waals surface area (Å²) in [6, 6.07) is 13.1. The van der Waals surface area contributed by atoms with Gasteiger partial charge in [0.1, 0.15) is 11.5 Å². The molecule has 2 N–H and O–H groups in total. The van der Waals surface area contributed by atoms with Crippen LogP contribution in [-0.4, -0.2) is 19.2 Å². The van der Waals surface area contributed by atoms with E-state index in [1.54, 1.807) is 20.3 Å². The maximum absolute atomic E-state index is 12.8. The van der Waals surface area contributed by atoms with Crippen molar-refractivity contribution in [1.29, 1.82) is 0 Å². The van der Waals surface area contributed by atoms with Gasteiger partial charge in [-0.15, -0.1) is 0 Å². The van der Waals surface area contributed by atoms with Gasteiger partial charge in [0, 0.05) is 28.7 Å². The molecule has 2 aromatic carbocycles. The smallest absolute Gasteiger partial charge is 0.194 e. The molecule has 24 heavy (non-hydrogen) atoms. The first-order valence-electron chi connectivity index (χ1n) is 7.70. The van der Waals surface area contributed by atoms with Crippen LogP contribution in [0, 0.1) is 6.92 Å².